The summed E-state index contributed by atoms with van der Waals surface area (Å²) in [5.74, 6) is -0.642. The highest BCUT2D eigenvalue weighted by atomic mass is 79.9. The molecule has 0 bridgehead atoms. The van der Waals surface area contributed by atoms with Crippen molar-refractivity contribution in [1.82, 2.24) is 0 Å². The fraction of sp³-hybridized carbons (Fsp3) is 0.286. The van der Waals surface area contributed by atoms with Gasteiger partial charge in [-0.1, -0.05) is 6.58 Å². The van der Waals surface area contributed by atoms with E-state index in [0.29, 0.717) is 0 Å². The van der Waals surface area contributed by atoms with Crippen molar-refractivity contribution in [3.05, 3.63) is 11.2 Å². The van der Waals surface area contributed by atoms with E-state index < -0.39 is 5.97 Å². The largest absolute Gasteiger partial charge is 0.464 e. The van der Waals surface area contributed by atoms with Crippen LogP contribution in [0.4, 0.5) is 0 Å². The molecule has 0 amide bonds. The molecule has 6 heteroatoms. The normalized spacial score (nSPS) is 12.5. The van der Waals surface area contributed by atoms with Crippen molar-refractivity contribution in [2.24, 2.45) is 15.7 Å². The van der Waals surface area contributed by atoms with Crippen LogP contribution in [0.5, 0.6) is 0 Å². The van der Waals surface area contributed by atoms with Crippen LogP contribution in [-0.4, -0.2) is 31.7 Å². The zero-order valence-electron chi connectivity index (χ0n) is 7.37. The minimum atomic E-state index is -0.649. The van der Waals surface area contributed by atoms with Gasteiger partial charge >= 0.3 is 5.97 Å². The van der Waals surface area contributed by atoms with Crippen LogP contribution in [0.15, 0.2) is 21.2 Å². The predicted molar refractivity (Wildman–Crippen MR) is 55.1 cm³/mol. The third-order valence-electron chi connectivity index (χ3n) is 1.10. The summed E-state index contributed by atoms with van der Waals surface area (Å²) in [6.45, 7) is 3.44. The number of nitrogens with zero attached hydrogens (tertiary/aromatic N) is 2. The monoisotopic (exact) mass is 247 g/mol. The Morgan fingerprint density at radius 1 is 1.62 bits per heavy atom. The quantitative estimate of drug-likeness (QED) is 0.341. The lowest BCUT2D eigenvalue weighted by atomic mass is 10.3. The predicted octanol–water partition coefficient (Wildman–Crippen LogP) is 0.453. The number of hydrogen-bond acceptors (Lipinski definition) is 4. The van der Waals surface area contributed by atoms with Crippen molar-refractivity contribution in [1.29, 1.82) is 0 Å². The summed E-state index contributed by atoms with van der Waals surface area (Å²) < 4.78 is 4.72. The Morgan fingerprint density at radius 2 is 2.15 bits per heavy atom. The number of aliphatic imine (C=N–C) groups is 2. The van der Waals surface area contributed by atoms with E-state index in [2.05, 4.69) is 37.2 Å². The summed E-state index contributed by atoms with van der Waals surface area (Å²) in [4.78, 5) is 18.4. The summed E-state index contributed by atoms with van der Waals surface area (Å²) in [7, 11) is 2.68. The van der Waals surface area contributed by atoms with E-state index in [9.17, 15) is 4.79 Å². The van der Waals surface area contributed by atoms with E-state index in [1.807, 2.05) is 0 Å². The second-order valence-corrected chi connectivity index (χ2v) is 2.85. The molecule has 2 N–H and O–H groups in total. The Balaban J connectivity index is 4.98. The standard InChI is InChI=1S/C7H10BrN3O2/c1-4(8)11-5(6(9)10-2)7(12)13-3/h1H2,2-3H3,(H2,9,10). The van der Waals surface area contributed by atoms with E-state index in [1.165, 1.54) is 14.2 Å². The van der Waals surface area contributed by atoms with Crippen molar-refractivity contribution in [2.75, 3.05) is 14.2 Å². The molecule has 0 aliphatic heterocycles. The summed E-state index contributed by atoms with van der Waals surface area (Å²) >= 11 is 2.97. The van der Waals surface area contributed by atoms with Crippen LogP contribution < -0.4 is 5.73 Å². The molecule has 0 rings (SSSR count). The van der Waals surface area contributed by atoms with Crippen molar-refractivity contribution >= 4 is 33.4 Å². The maximum absolute atomic E-state index is 11.1. The van der Waals surface area contributed by atoms with E-state index in [-0.39, 0.29) is 16.2 Å². The van der Waals surface area contributed by atoms with Gasteiger partial charge in [-0.25, -0.2) is 9.79 Å². The number of halogens is 1. The number of methoxy groups -OCH3 is 1. The third kappa shape index (κ3) is 3.84. The molecule has 0 saturated carbocycles. The van der Waals surface area contributed by atoms with Crippen LogP contribution in [0.3, 0.4) is 0 Å². The zero-order valence-corrected chi connectivity index (χ0v) is 8.96. The molecule has 0 atom stereocenters. The minimum absolute atomic E-state index is 0.00690. The van der Waals surface area contributed by atoms with Crippen LogP contribution in [0, 0.1) is 0 Å². The minimum Gasteiger partial charge on any atom is -0.464 e. The van der Waals surface area contributed by atoms with Crippen LogP contribution in [-0.2, 0) is 9.53 Å². The number of rotatable bonds is 3. The topological polar surface area (TPSA) is 77.0 Å². The number of nitrogens with two attached hydrogens (primary N) is 1. The molecule has 0 heterocycles. The molecule has 0 spiro atoms. The summed E-state index contributed by atoms with van der Waals surface area (Å²) in [6, 6.07) is 0. The molecule has 5 nitrogen and oxygen atoms in total. The molecule has 0 fully saturated rings. The second-order valence-electron chi connectivity index (χ2n) is 1.94. The van der Waals surface area contributed by atoms with Crippen molar-refractivity contribution in [3.8, 4) is 0 Å². The number of carbonyl (C=O) groups excluding carboxylic acids is 1. The SMILES string of the molecule is C=C(Br)N=C(C(=O)OC)C(N)=NC. The number of esters is 1. The number of amidine groups is 1. The highest BCUT2D eigenvalue weighted by Gasteiger charge is 2.15. The molecule has 0 aliphatic carbocycles. The van der Waals surface area contributed by atoms with Gasteiger partial charge in [-0.15, -0.1) is 0 Å². The lowest BCUT2D eigenvalue weighted by Crippen LogP contribution is -2.31. The van der Waals surface area contributed by atoms with Gasteiger partial charge in [0.05, 0.1) is 11.7 Å². The summed E-state index contributed by atoms with van der Waals surface area (Å²) in [5, 5.41) is 0. The highest BCUT2D eigenvalue weighted by Crippen LogP contribution is 2.03. The molecule has 0 aliphatic rings. The highest BCUT2D eigenvalue weighted by molar-refractivity contribution is 9.11. The van der Waals surface area contributed by atoms with Gasteiger partial charge in [-0.05, 0) is 15.9 Å². The second kappa shape index (κ2) is 5.47. The zero-order chi connectivity index (χ0) is 10.4. The first-order valence-corrected chi connectivity index (χ1v) is 4.06. The number of ether oxygens (including phenoxy) is 1. The van der Waals surface area contributed by atoms with Crippen LogP contribution in [0.1, 0.15) is 0 Å². The van der Waals surface area contributed by atoms with E-state index in [1.54, 1.807) is 0 Å². The van der Waals surface area contributed by atoms with E-state index in [0.717, 1.165) is 0 Å². The van der Waals surface area contributed by atoms with Gasteiger partial charge in [-0.2, -0.15) is 0 Å². The van der Waals surface area contributed by atoms with Crippen LogP contribution in [0.2, 0.25) is 0 Å². The fourth-order valence-electron chi connectivity index (χ4n) is 0.531. The van der Waals surface area contributed by atoms with Gasteiger partial charge in [0.1, 0.15) is 0 Å². The first-order valence-electron chi connectivity index (χ1n) is 3.27. The summed E-state index contributed by atoms with van der Waals surface area (Å²) in [5.41, 5.74) is 5.34. The third-order valence-corrected chi connectivity index (χ3v) is 1.27. The number of hydrogen-bond donors (Lipinski definition) is 1. The average Bonchev–Trinajstić information content (AvgIpc) is 2.11. The molecular formula is C7H10BrN3O2. The molecule has 72 valence electrons. The Morgan fingerprint density at radius 3 is 2.46 bits per heavy atom. The molecule has 13 heavy (non-hydrogen) atoms. The Hall–Kier alpha value is -1.17. The Kier molecular flexibility index (Phi) is 4.98. The van der Waals surface area contributed by atoms with Crippen molar-refractivity contribution in [3.63, 3.8) is 0 Å². The first kappa shape index (κ1) is 11.8. The van der Waals surface area contributed by atoms with Gasteiger partial charge < -0.3 is 10.5 Å². The lowest BCUT2D eigenvalue weighted by Gasteiger charge is -2.01. The molecule has 0 aromatic heterocycles. The van der Waals surface area contributed by atoms with Crippen molar-refractivity contribution in [2.45, 2.75) is 0 Å². The lowest BCUT2D eigenvalue weighted by molar-refractivity contribution is -0.132. The molecule has 0 radical (unpaired) electrons. The fourth-order valence-corrected chi connectivity index (χ4v) is 0.709. The van der Waals surface area contributed by atoms with E-state index in [4.69, 9.17) is 5.73 Å². The van der Waals surface area contributed by atoms with Gasteiger partial charge in [-0.3, -0.25) is 4.99 Å². The Labute approximate surface area is 84.5 Å². The van der Waals surface area contributed by atoms with Crippen molar-refractivity contribution < 1.29 is 9.53 Å². The summed E-state index contributed by atoms with van der Waals surface area (Å²) in [6.07, 6.45) is 0. The maximum Gasteiger partial charge on any atom is 0.360 e. The molecule has 0 unspecified atom stereocenters. The maximum atomic E-state index is 11.1. The van der Waals surface area contributed by atoms with Gasteiger partial charge in [0.15, 0.2) is 11.5 Å². The average molecular weight is 248 g/mol. The molecule has 0 saturated heterocycles. The van der Waals surface area contributed by atoms with Crippen LogP contribution in [0.25, 0.3) is 0 Å². The smallest absolute Gasteiger partial charge is 0.360 e. The number of carbonyl (C=O) groups is 1. The van der Waals surface area contributed by atoms with Gasteiger partial charge in [0, 0.05) is 7.05 Å². The molecular weight excluding hydrogens is 238 g/mol. The van der Waals surface area contributed by atoms with Gasteiger partial charge in [0.25, 0.3) is 0 Å². The first-order chi connectivity index (χ1) is 6.02. The van der Waals surface area contributed by atoms with E-state index >= 15 is 0 Å². The van der Waals surface area contributed by atoms with Crippen LogP contribution >= 0.6 is 15.9 Å². The Bertz CT molecular complexity index is 283. The van der Waals surface area contributed by atoms with Gasteiger partial charge in [0.2, 0.25) is 0 Å². The molecule has 0 aromatic rings. The molecule has 0 aromatic carbocycles.